The van der Waals surface area contributed by atoms with Gasteiger partial charge in [0, 0.05) is 50.6 Å². The molecule has 14 rings (SSSR count). The van der Waals surface area contributed by atoms with Gasteiger partial charge in [-0.25, -0.2) is 24.0 Å². The fraction of sp³-hybridized carbons (Fsp3) is 0.226. The van der Waals surface area contributed by atoms with Gasteiger partial charge in [-0.05, 0) is 35.9 Å². The molecule has 0 aromatic heterocycles. The number of benzene rings is 7. The number of aromatic hydroxyl groups is 19. The van der Waals surface area contributed by atoms with Crippen molar-refractivity contribution in [3.05, 3.63) is 92.5 Å². The maximum absolute atomic E-state index is 16.0. The molecule has 7 aromatic carbocycles. The number of hydrogen-bond donors (Lipinski definition) is 23. The molecule has 1 saturated heterocycles. The van der Waals surface area contributed by atoms with Crippen LogP contribution in [-0.4, -0.2) is 228 Å². The van der Waals surface area contributed by atoms with Crippen LogP contribution in [-0.2, 0) is 33.2 Å². The fourth-order valence-electron chi connectivity index (χ4n) is 12.9. The quantitative estimate of drug-likeness (QED) is 0.0642. The van der Waals surface area contributed by atoms with Gasteiger partial charge in [0.05, 0.1) is 40.3 Å². The summed E-state index contributed by atoms with van der Waals surface area (Å²) in [6.07, 6.45) is -27.3. The van der Waals surface area contributed by atoms with Crippen LogP contribution in [0.3, 0.4) is 0 Å². The maximum Gasteiger partial charge on any atom is 0.340 e. The highest BCUT2D eigenvalue weighted by molar-refractivity contribution is 6.17. The second-order valence-corrected chi connectivity index (χ2v) is 23.0. The minimum Gasteiger partial charge on any atom is -0.507 e. The number of rotatable bonds is 5. The fourth-order valence-corrected chi connectivity index (χ4v) is 12.9. The Morgan fingerprint density at radius 3 is 1.43 bits per heavy atom. The number of cyclic esters (lactones) is 1. The van der Waals surface area contributed by atoms with E-state index in [0.29, 0.717) is 12.1 Å². The van der Waals surface area contributed by atoms with Crippen LogP contribution in [0.15, 0.2) is 42.5 Å². The molecule has 7 aliphatic rings. The van der Waals surface area contributed by atoms with Crippen molar-refractivity contribution in [2.45, 2.75) is 73.2 Å². The Kier molecular flexibility index (Phi) is 14.9. The van der Waals surface area contributed by atoms with Gasteiger partial charge >= 0.3 is 29.8 Å². The molecule has 0 aliphatic carbocycles. The lowest BCUT2D eigenvalue weighted by atomic mass is 9.73. The van der Waals surface area contributed by atoms with Crippen molar-refractivity contribution in [2.75, 3.05) is 13.2 Å². The number of hydrogen-bond acceptors (Lipinski definition) is 37. The lowest BCUT2D eigenvalue weighted by Gasteiger charge is -2.43. The standard InChI is InChI=1S/C62H46O37/c63-8-21-38(73)48(83)51(86)62(95-21)99-55-47(82)27-20(93-52(55)10-1-2-14(64)15(65)3-10)7-16(66)26(39(27)74)32-31-34-30(45(80)50(85)46(31)81)29-33-28(43(78)49(84)44(29)79)25-13(6-19(69)37(72)42(25)77)58(88)94-22-9-92-57(87)11-4-17(67)35(70)40(75)23(11)24-12(5-18(68)36(71)41(24)76)59(89)96-53(22)56(98-61(33)91)54(32)97-60(34)90/h1-7,21-22,32,38,48,51-56,62-81,83-86H,8-9H2/t21-,22-,32-,38-,48-,51-,52+,53-,54+,55+,56-,62-/m0/s1. The molecule has 6 bridgehead atoms. The first-order chi connectivity index (χ1) is 46.7. The molecule has 37 nitrogen and oxygen atoms in total. The molecule has 0 amide bonds. The third-order valence-electron chi connectivity index (χ3n) is 17.6. The molecule has 12 atom stereocenters. The van der Waals surface area contributed by atoms with E-state index in [9.17, 15) is 122 Å². The number of aliphatic hydroxyl groups excluding tert-OH is 4. The molecule has 23 N–H and O–H groups in total. The average molecular weight is 1380 g/mol. The summed E-state index contributed by atoms with van der Waals surface area (Å²) in [7, 11) is 0. The van der Waals surface area contributed by atoms with Crippen LogP contribution in [0.2, 0.25) is 0 Å². The molecular formula is C62H46O37. The topological polar surface area (TPSA) is 642 Å². The van der Waals surface area contributed by atoms with Crippen molar-refractivity contribution in [2.24, 2.45) is 0 Å². The third kappa shape index (κ3) is 9.38. The van der Waals surface area contributed by atoms with E-state index in [0.717, 1.165) is 18.2 Å². The Labute approximate surface area is 545 Å². The smallest absolute Gasteiger partial charge is 0.340 e. The highest BCUT2D eigenvalue weighted by atomic mass is 16.7. The van der Waals surface area contributed by atoms with Crippen LogP contribution in [0.1, 0.15) is 90.9 Å². The molecule has 0 spiro atoms. The van der Waals surface area contributed by atoms with Crippen molar-refractivity contribution < 1.29 is 184 Å². The monoisotopic (exact) mass is 1380 g/mol. The van der Waals surface area contributed by atoms with E-state index in [2.05, 4.69) is 0 Å². The minimum atomic E-state index is -3.20. The van der Waals surface area contributed by atoms with Gasteiger partial charge in [-0.15, -0.1) is 0 Å². The van der Waals surface area contributed by atoms with Crippen LogP contribution in [0, 0.1) is 0 Å². The largest absolute Gasteiger partial charge is 0.507 e. The van der Waals surface area contributed by atoms with E-state index < -0.39 is 315 Å². The van der Waals surface area contributed by atoms with Crippen molar-refractivity contribution >= 4 is 35.6 Å². The summed E-state index contributed by atoms with van der Waals surface area (Å²) in [6, 6.07) is 4.02. The zero-order chi connectivity index (χ0) is 71.6. The van der Waals surface area contributed by atoms with Gasteiger partial charge in [-0.1, -0.05) is 6.07 Å². The zero-order valence-electron chi connectivity index (χ0n) is 48.9. The second-order valence-electron chi connectivity index (χ2n) is 23.0. The van der Waals surface area contributed by atoms with Gasteiger partial charge < -0.3 is 155 Å². The van der Waals surface area contributed by atoms with Gasteiger partial charge in [0.15, 0.2) is 112 Å². The Morgan fingerprint density at radius 1 is 0.384 bits per heavy atom. The van der Waals surface area contributed by atoms with E-state index in [1.807, 2.05) is 0 Å². The summed E-state index contributed by atoms with van der Waals surface area (Å²) >= 11 is 0. The molecule has 37 heteroatoms. The molecule has 0 radical (unpaired) electrons. The predicted molar refractivity (Wildman–Crippen MR) is 309 cm³/mol. The Balaban J connectivity index is 1.14. The molecular weight excluding hydrogens is 1340 g/mol. The van der Waals surface area contributed by atoms with Crippen molar-refractivity contribution in [3.63, 3.8) is 0 Å². The highest BCUT2D eigenvalue weighted by Gasteiger charge is 2.59. The number of esters is 5. The van der Waals surface area contributed by atoms with E-state index in [1.54, 1.807) is 0 Å². The van der Waals surface area contributed by atoms with Crippen LogP contribution >= 0.6 is 0 Å². The molecule has 0 unspecified atom stereocenters. The molecule has 0 saturated carbocycles. The summed E-state index contributed by atoms with van der Waals surface area (Å²) in [6.45, 7) is -2.82. The van der Waals surface area contributed by atoms with Gasteiger partial charge in [0.2, 0.25) is 34.5 Å². The Bertz CT molecular complexity index is 4800. The lowest BCUT2D eigenvalue weighted by Crippen LogP contribution is -2.60. The normalized spacial score (nSPS) is 24.5. The van der Waals surface area contributed by atoms with Crippen LogP contribution in [0.4, 0.5) is 0 Å². The first kappa shape index (κ1) is 65.0. The Hall–Kier alpha value is -12.7. The summed E-state index contributed by atoms with van der Waals surface area (Å²) < 4.78 is 47.0. The van der Waals surface area contributed by atoms with Crippen molar-refractivity contribution in [1.82, 2.24) is 0 Å². The Morgan fingerprint density at radius 2 is 0.869 bits per heavy atom. The average Bonchev–Trinajstić information content (AvgIpc) is 1.27. The number of ether oxygens (including phenoxy) is 8. The van der Waals surface area contributed by atoms with E-state index in [-0.39, 0.29) is 17.7 Å². The lowest BCUT2D eigenvalue weighted by molar-refractivity contribution is -0.311. The summed E-state index contributed by atoms with van der Waals surface area (Å²) in [5, 5.41) is 262. The van der Waals surface area contributed by atoms with Gasteiger partial charge in [-0.2, -0.15) is 0 Å². The summed E-state index contributed by atoms with van der Waals surface area (Å²) in [5.74, 6) is -45.5. The van der Waals surface area contributed by atoms with Gasteiger partial charge in [0.25, 0.3) is 0 Å². The third-order valence-corrected chi connectivity index (χ3v) is 17.6. The number of Topliss-reactive ketones (excluding diaryl/α,β-unsaturated/α-hetero) is 1. The number of ketones is 1. The van der Waals surface area contributed by atoms with Gasteiger partial charge in [-0.3, -0.25) is 4.79 Å². The molecule has 1 fully saturated rings. The van der Waals surface area contributed by atoms with E-state index >= 15 is 24.0 Å². The van der Waals surface area contributed by atoms with Gasteiger partial charge in [0.1, 0.15) is 53.8 Å². The SMILES string of the molecule is O=C1OC[C@@H]2OC(=O)c3cc(O)c(O)c(O)c3-c3c(O)c(O)c(O)c4c3C(=O)O[C@H]([C@@H]3OC(=O)c5c-4c(O)c(O)c(O)c5[C@@H]3c3c(O)cc4c(c3O)C(=O)[C@@H](O[C@@H]3O[C@@H](CO)[C@H](O)[C@H](O)[C@@H]3O)[C@@H](c3ccc(O)c(O)c3)O4)[C@H]2OC(=O)c2cc(O)c(O)c(O)c2-c2c1cc(O)c(O)c2O. The van der Waals surface area contributed by atoms with Crippen molar-refractivity contribution in [3.8, 4) is 148 Å². The van der Waals surface area contributed by atoms with E-state index in [1.165, 1.54) is 0 Å². The number of carbonyl (C=O) groups excluding carboxylic acids is 6. The molecule has 7 heterocycles. The molecule has 99 heavy (non-hydrogen) atoms. The first-order valence-electron chi connectivity index (χ1n) is 28.5. The highest BCUT2D eigenvalue weighted by Crippen LogP contribution is 2.64. The molecule has 7 aromatic rings. The summed E-state index contributed by atoms with van der Waals surface area (Å²) in [4.78, 5) is 92.3. The molecule has 516 valence electrons. The van der Waals surface area contributed by atoms with Crippen LogP contribution < -0.4 is 4.74 Å². The zero-order valence-corrected chi connectivity index (χ0v) is 48.9. The minimum absolute atomic E-state index is 0.235. The molecule has 7 aliphatic heterocycles. The number of carbonyl (C=O) groups is 6. The maximum atomic E-state index is 16.0. The van der Waals surface area contributed by atoms with Crippen LogP contribution in [0.5, 0.6) is 115 Å². The summed E-state index contributed by atoms with van der Waals surface area (Å²) in [5.41, 5.74) is -20.0. The second kappa shape index (κ2) is 22.7. The first-order valence-corrected chi connectivity index (χ1v) is 28.5. The number of phenols is 19. The number of fused-ring (bicyclic) bond motifs is 8. The van der Waals surface area contributed by atoms with Crippen LogP contribution in [0.25, 0.3) is 33.4 Å². The number of phenolic OH excluding ortho intramolecular Hbond substituents is 19. The number of aliphatic hydroxyl groups is 4. The van der Waals surface area contributed by atoms with Crippen molar-refractivity contribution in [1.29, 1.82) is 0 Å². The van der Waals surface area contributed by atoms with E-state index in [4.69, 9.17) is 37.9 Å². The predicted octanol–water partition coefficient (Wildman–Crippen LogP) is 0.740.